The van der Waals surface area contributed by atoms with Gasteiger partial charge in [0, 0.05) is 16.7 Å². The summed E-state index contributed by atoms with van der Waals surface area (Å²) in [5.41, 5.74) is 0.0839. The minimum absolute atomic E-state index is 0.0839. The minimum Gasteiger partial charge on any atom is -0.200 e. The summed E-state index contributed by atoms with van der Waals surface area (Å²) >= 11 is 6.83. The third-order valence-electron chi connectivity index (χ3n) is 2.26. The van der Waals surface area contributed by atoms with E-state index < -0.39 is 5.92 Å². The van der Waals surface area contributed by atoms with Crippen LogP contribution in [0.15, 0.2) is 30.3 Å². The molecule has 0 aliphatic carbocycles. The SMILES string of the molecule is CC(CCCl)SCC(F)(F)c1ccccc1. The van der Waals surface area contributed by atoms with E-state index in [0.29, 0.717) is 5.88 Å². The molecular weight excluding hydrogens is 250 g/mol. The van der Waals surface area contributed by atoms with Crippen LogP contribution in [0.5, 0.6) is 0 Å². The number of thioether (sulfide) groups is 1. The Kier molecular flexibility index (Phi) is 5.56. The largest absolute Gasteiger partial charge is 0.282 e. The molecule has 1 atom stereocenters. The number of rotatable bonds is 6. The number of hydrogen-bond donors (Lipinski definition) is 0. The lowest BCUT2D eigenvalue weighted by Crippen LogP contribution is -2.18. The Morgan fingerprint density at radius 2 is 1.94 bits per heavy atom. The van der Waals surface area contributed by atoms with Crippen molar-refractivity contribution < 1.29 is 8.78 Å². The Hall–Kier alpha value is -0.280. The van der Waals surface area contributed by atoms with Crippen LogP contribution in [-0.4, -0.2) is 16.9 Å². The van der Waals surface area contributed by atoms with Crippen LogP contribution < -0.4 is 0 Å². The molecule has 1 rings (SSSR count). The lowest BCUT2D eigenvalue weighted by Gasteiger charge is -2.18. The van der Waals surface area contributed by atoms with Crippen molar-refractivity contribution in [2.24, 2.45) is 0 Å². The maximum atomic E-state index is 13.7. The fraction of sp³-hybridized carbons (Fsp3) is 0.500. The summed E-state index contributed by atoms with van der Waals surface area (Å²) in [6.07, 6.45) is 0.761. The highest BCUT2D eigenvalue weighted by Crippen LogP contribution is 2.33. The first-order chi connectivity index (χ1) is 7.56. The monoisotopic (exact) mass is 264 g/mol. The van der Waals surface area contributed by atoms with Gasteiger partial charge in [-0.15, -0.1) is 11.6 Å². The molecule has 16 heavy (non-hydrogen) atoms. The van der Waals surface area contributed by atoms with Crippen molar-refractivity contribution in [1.82, 2.24) is 0 Å². The smallest absolute Gasteiger partial charge is 0.200 e. The van der Waals surface area contributed by atoms with Gasteiger partial charge in [0.05, 0.1) is 5.75 Å². The normalized spacial score (nSPS) is 13.8. The Morgan fingerprint density at radius 1 is 1.31 bits per heavy atom. The molecule has 0 spiro atoms. The molecule has 90 valence electrons. The van der Waals surface area contributed by atoms with Crippen LogP contribution in [0.1, 0.15) is 18.9 Å². The molecule has 1 aromatic carbocycles. The second kappa shape index (κ2) is 6.45. The van der Waals surface area contributed by atoms with Crippen LogP contribution in [-0.2, 0) is 5.92 Å². The summed E-state index contributed by atoms with van der Waals surface area (Å²) in [7, 11) is 0. The minimum atomic E-state index is -2.76. The number of alkyl halides is 3. The molecule has 1 aromatic rings. The van der Waals surface area contributed by atoms with Crippen molar-refractivity contribution in [3.63, 3.8) is 0 Å². The van der Waals surface area contributed by atoms with E-state index in [-0.39, 0.29) is 16.6 Å². The number of hydrogen-bond acceptors (Lipinski definition) is 1. The molecule has 1 unspecified atom stereocenters. The van der Waals surface area contributed by atoms with Gasteiger partial charge in [0.1, 0.15) is 0 Å². The second-order valence-electron chi connectivity index (χ2n) is 3.67. The Balaban J connectivity index is 2.52. The lowest BCUT2D eigenvalue weighted by molar-refractivity contribution is 0.0231. The second-order valence-corrected chi connectivity index (χ2v) is 5.47. The van der Waals surface area contributed by atoms with Gasteiger partial charge in [-0.2, -0.15) is 11.8 Å². The average molecular weight is 265 g/mol. The first-order valence-electron chi connectivity index (χ1n) is 5.17. The van der Waals surface area contributed by atoms with Crippen LogP contribution in [0.3, 0.4) is 0 Å². The van der Waals surface area contributed by atoms with E-state index in [2.05, 4.69) is 0 Å². The third-order valence-corrected chi connectivity index (χ3v) is 3.81. The average Bonchev–Trinajstić information content (AvgIpc) is 2.28. The van der Waals surface area contributed by atoms with Gasteiger partial charge in [-0.25, -0.2) is 8.78 Å². The zero-order valence-electron chi connectivity index (χ0n) is 9.13. The molecule has 0 N–H and O–H groups in total. The summed E-state index contributed by atoms with van der Waals surface area (Å²) in [5, 5.41) is 0.173. The van der Waals surface area contributed by atoms with E-state index in [1.165, 1.54) is 23.9 Å². The highest BCUT2D eigenvalue weighted by Gasteiger charge is 2.31. The van der Waals surface area contributed by atoms with Crippen LogP contribution in [0.4, 0.5) is 8.78 Å². The molecule has 0 aliphatic heterocycles. The molecule has 0 fully saturated rings. The first kappa shape index (κ1) is 13.8. The van der Waals surface area contributed by atoms with E-state index in [0.717, 1.165) is 6.42 Å². The van der Waals surface area contributed by atoms with Gasteiger partial charge in [0.2, 0.25) is 0 Å². The third kappa shape index (κ3) is 4.30. The zero-order valence-corrected chi connectivity index (χ0v) is 10.7. The number of halogens is 3. The summed E-state index contributed by atoms with van der Waals surface area (Å²) in [5.74, 6) is -2.42. The predicted molar refractivity (Wildman–Crippen MR) is 67.6 cm³/mol. The summed E-state index contributed by atoms with van der Waals surface area (Å²) < 4.78 is 27.4. The van der Waals surface area contributed by atoms with Gasteiger partial charge in [0.15, 0.2) is 0 Å². The van der Waals surface area contributed by atoms with Gasteiger partial charge < -0.3 is 0 Å². The molecule has 0 bridgehead atoms. The Morgan fingerprint density at radius 3 is 2.50 bits per heavy atom. The molecule has 0 heterocycles. The van der Waals surface area contributed by atoms with Gasteiger partial charge in [-0.05, 0) is 6.42 Å². The fourth-order valence-electron chi connectivity index (χ4n) is 1.25. The standard InChI is InChI=1S/C12H15ClF2S/c1-10(7-8-13)16-9-12(14,15)11-5-3-2-4-6-11/h2-6,10H,7-9H2,1H3. The van der Waals surface area contributed by atoms with Crippen molar-refractivity contribution in [1.29, 1.82) is 0 Å². The Labute approximate surface area is 104 Å². The van der Waals surface area contributed by atoms with Crippen LogP contribution in [0, 0.1) is 0 Å². The van der Waals surface area contributed by atoms with E-state index in [1.54, 1.807) is 18.2 Å². The molecule has 0 nitrogen and oxygen atoms in total. The highest BCUT2D eigenvalue weighted by atomic mass is 35.5. The van der Waals surface area contributed by atoms with Crippen molar-refractivity contribution in [2.45, 2.75) is 24.5 Å². The van der Waals surface area contributed by atoms with E-state index in [1.807, 2.05) is 6.92 Å². The fourth-order valence-corrected chi connectivity index (χ4v) is 2.65. The molecule has 0 saturated carbocycles. The highest BCUT2D eigenvalue weighted by molar-refractivity contribution is 7.99. The molecular formula is C12H15ClF2S. The summed E-state index contributed by atoms with van der Waals surface area (Å²) in [4.78, 5) is 0. The van der Waals surface area contributed by atoms with E-state index >= 15 is 0 Å². The van der Waals surface area contributed by atoms with E-state index in [9.17, 15) is 8.78 Å². The molecule has 0 radical (unpaired) electrons. The van der Waals surface area contributed by atoms with Crippen molar-refractivity contribution >= 4 is 23.4 Å². The van der Waals surface area contributed by atoms with Gasteiger partial charge in [-0.1, -0.05) is 37.3 Å². The molecule has 0 aromatic heterocycles. The summed E-state index contributed by atoms with van der Waals surface area (Å²) in [6, 6.07) is 7.94. The van der Waals surface area contributed by atoms with Gasteiger partial charge >= 0.3 is 0 Å². The Bertz CT molecular complexity index is 303. The molecule has 0 saturated heterocycles. The van der Waals surface area contributed by atoms with E-state index in [4.69, 9.17) is 11.6 Å². The maximum Gasteiger partial charge on any atom is 0.282 e. The van der Waals surface area contributed by atoms with Gasteiger partial charge in [0.25, 0.3) is 5.92 Å². The molecule has 4 heteroatoms. The maximum absolute atomic E-state index is 13.7. The molecule has 0 aliphatic rings. The van der Waals surface area contributed by atoms with Crippen LogP contribution in [0.25, 0.3) is 0 Å². The lowest BCUT2D eigenvalue weighted by atomic mass is 10.1. The topological polar surface area (TPSA) is 0 Å². The van der Waals surface area contributed by atoms with Gasteiger partial charge in [-0.3, -0.25) is 0 Å². The van der Waals surface area contributed by atoms with Crippen LogP contribution >= 0.6 is 23.4 Å². The zero-order chi connectivity index (χ0) is 12.0. The quantitative estimate of drug-likeness (QED) is 0.681. The van der Waals surface area contributed by atoms with Crippen molar-refractivity contribution in [3.05, 3.63) is 35.9 Å². The molecule has 0 amide bonds. The number of benzene rings is 1. The van der Waals surface area contributed by atoms with Crippen molar-refractivity contribution in [2.75, 3.05) is 11.6 Å². The summed E-state index contributed by atoms with van der Waals surface area (Å²) in [6.45, 7) is 1.92. The van der Waals surface area contributed by atoms with Crippen molar-refractivity contribution in [3.8, 4) is 0 Å². The first-order valence-corrected chi connectivity index (χ1v) is 6.75. The van der Waals surface area contributed by atoms with Crippen LogP contribution in [0.2, 0.25) is 0 Å². The predicted octanol–water partition coefficient (Wildman–Crippen LogP) is 4.53.